The number of benzene rings is 1. The summed E-state index contributed by atoms with van der Waals surface area (Å²) < 4.78 is 6.21. The normalized spacial score (nSPS) is 21.6. The van der Waals surface area contributed by atoms with Crippen LogP contribution in [-0.4, -0.2) is 43.1 Å². The zero-order valence-corrected chi connectivity index (χ0v) is 17.3. The molecule has 27 heavy (non-hydrogen) atoms. The molecule has 1 fully saturated rings. The van der Waals surface area contributed by atoms with Crippen molar-refractivity contribution in [1.82, 2.24) is 15.5 Å². The van der Waals surface area contributed by atoms with Crippen LogP contribution in [0.2, 0.25) is 0 Å². The lowest BCUT2D eigenvalue weighted by molar-refractivity contribution is -0.139. The van der Waals surface area contributed by atoms with Crippen molar-refractivity contribution in [2.75, 3.05) is 26.2 Å². The maximum atomic E-state index is 12.8. The molecule has 1 aromatic rings. The fourth-order valence-corrected chi connectivity index (χ4v) is 3.99. The second kappa shape index (κ2) is 8.89. The maximum Gasteiger partial charge on any atom is 0.338 e. The molecule has 0 saturated carbocycles. The Kier molecular flexibility index (Phi) is 6.55. The van der Waals surface area contributed by atoms with E-state index in [1.165, 1.54) is 0 Å². The number of carbonyl (C=O) groups excluding carboxylic acids is 2. The number of carbonyl (C=O) groups is 2. The summed E-state index contributed by atoms with van der Waals surface area (Å²) in [6.07, 6.45) is 2.26. The molecule has 0 spiro atoms. The molecule has 2 aliphatic heterocycles. The van der Waals surface area contributed by atoms with Gasteiger partial charge in [0.15, 0.2) is 0 Å². The highest BCUT2D eigenvalue weighted by molar-refractivity contribution is 9.10. The van der Waals surface area contributed by atoms with E-state index in [-0.39, 0.29) is 12.6 Å². The number of esters is 1. The predicted molar refractivity (Wildman–Crippen MR) is 107 cm³/mol. The first-order valence-corrected chi connectivity index (χ1v) is 10.2. The largest absolute Gasteiger partial charge is 0.463 e. The van der Waals surface area contributed by atoms with Crippen molar-refractivity contribution in [1.29, 1.82) is 0 Å². The van der Waals surface area contributed by atoms with E-state index in [1.54, 1.807) is 6.92 Å². The van der Waals surface area contributed by atoms with Crippen LogP contribution in [0.25, 0.3) is 0 Å². The van der Waals surface area contributed by atoms with E-state index in [9.17, 15) is 9.59 Å². The summed E-state index contributed by atoms with van der Waals surface area (Å²) in [5.74, 6) is 0.326. The molecule has 6 nitrogen and oxygen atoms in total. The van der Waals surface area contributed by atoms with Gasteiger partial charge >= 0.3 is 12.0 Å². The molecule has 2 N–H and O–H groups in total. The lowest BCUT2D eigenvalue weighted by Gasteiger charge is -2.34. The van der Waals surface area contributed by atoms with Gasteiger partial charge in [0.05, 0.1) is 18.2 Å². The number of ether oxygens (including phenoxy) is 1. The van der Waals surface area contributed by atoms with E-state index in [0.717, 1.165) is 41.9 Å². The molecule has 0 aromatic heterocycles. The van der Waals surface area contributed by atoms with Crippen LogP contribution in [0.5, 0.6) is 0 Å². The molecule has 2 aliphatic rings. The molecular formula is C20H26BrN3O3. The molecular weight excluding hydrogens is 410 g/mol. The Bertz CT molecular complexity index is 742. The summed E-state index contributed by atoms with van der Waals surface area (Å²) in [4.78, 5) is 27.4. The summed E-state index contributed by atoms with van der Waals surface area (Å²) >= 11 is 3.46. The fourth-order valence-electron chi connectivity index (χ4n) is 3.57. The summed E-state index contributed by atoms with van der Waals surface area (Å²) in [6, 6.07) is 6.79. The van der Waals surface area contributed by atoms with Gasteiger partial charge in [-0.2, -0.15) is 0 Å². The SMILES string of the molecule is CCOC(=O)C1=C(CN2CCC(C)CC2)NC(=O)NC1c1cccc(Br)c1. The van der Waals surface area contributed by atoms with Crippen LogP contribution in [0.1, 0.15) is 38.3 Å². The molecule has 1 unspecified atom stereocenters. The molecule has 7 heteroatoms. The van der Waals surface area contributed by atoms with Crippen molar-refractivity contribution >= 4 is 27.9 Å². The number of nitrogens with zero attached hydrogens (tertiary/aromatic N) is 1. The van der Waals surface area contributed by atoms with Gasteiger partial charge in [0.25, 0.3) is 0 Å². The minimum atomic E-state index is -0.533. The number of likely N-dealkylation sites (tertiary alicyclic amines) is 1. The zero-order valence-electron chi connectivity index (χ0n) is 15.8. The highest BCUT2D eigenvalue weighted by Gasteiger charge is 2.34. The molecule has 1 aromatic carbocycles. The summed E-state index contributed by atoms with van der Waals surface area (Å²) in [5, 5.41) is 5.73. The number of rotatable bonds is 5. The molecule has 2 amide bonds. The van der Waals surface area contributed by atoms with Gasteiger partial charge in [0.1, 0.15) is 0 Å². The standard InChI is InChI=1S/C20H26BrN3O3/c1-3-27-19(25)17-16(12-24-9-7-13(2)8-10-24)22-20(26)23-18(17)14-5-4-6-15(21)11-14/h4-6,11,13,18H,3,7-10,12H2,1-2H3,(H2,22,23,26). The summed E-state index contributed by atoms with van der Waals surface area (Å²) in [5.41, 5.74) is 1.96. The van der Waals surface area contributed by atoms with E-state index in [0.29, 0.717) is 17.8 Å². The monoisotopic (exact) mass is 435 g/mol. The van der Waals surface area contributed by atoms with E-state index in [4.69, 9.17) is 4.74 Å². The van der Waals surface area contributed by atoms with Gasteiger partial charge in [-0.3, -0.25) is 4.90 Å². The van der Waals surface area contributed by atoms with E-state index in [2.05, 4.69) is 38.4 Å². The van der Waals surface area contributed by atoms with Gasteiger partial charge in [0.2, 0.25) is 0 Å². The second-order valence-corrected chi connectivity index (χ2v) is 8.07. The van der Waals surface area contributed by atoms with E-state index < -0.39 is 12.0 Å². The summed E-state index contributed by atoms with van der Waals surface area (Å²) in [7, 11) is 0. The fraction of sp³-hybridized carbons (Fsp3) is 0.500. The first-order chi connectivity index (χ1) is 13.0. The van der Waals surface area contributed by atoms with E-state index >= 15 is 0 Å². The molecule has 3 rings (SSSR count). The number of hydrogen-bond donors (Lipinski definition) is 2. The van der Waals surface area contributed by atoms with Crippen LogP contribution in [0, 0.1) is 5.92 Å². The zero-order chi connectivity index (χ0) is 19.4. The number of nitrogens with one attached hydrogen (secondary N) is 2. The van der Waals surface area contributed by atoms with Crippen molar-refractivity contribution in [2.45, 2.75) is 32.7 Å². The maximum absolute atomic E-state index is 12.8. The number of amides is 2. The van der Waals surface area contributed by atoms with Crippen molar-refractivity contribution in [3.05, 3.63) is 45.6 Å². The minimum Gasteiger partial charge on any atom is -0.463 e. The lowest BCUT2D eigenvalue weighted by Crippen LogP contribution is -2.49. The van der Waals surface area contributed by atoms with Crippen molar-refractivity contribution in [3.8, 4) is 0 Å². The van der Waals surface area contributed by atoms with E-state index in [1.807, 2.05) is 24.3 Å². The van der Waals surface area contributed by atoms with Crippen LogP contribution in [0.3, 0.4) is 0 Å². The molecule has 146 valence electrons. The molecule has 2 heterocycles. The van der Waals surface area contributed by atoms with Gasteiger partial charge in [0, 0.05) is 16.7 Å². The number of hydrogen-bond acceptors (Lipinski definition) is 4. The Labute approximate surface area is 168 Å². The second-order valence-electron chi connectivity index (χ2n) is 7.16. The highest BCUT2D eigenvalue weighted by atomic mass is 79.9. The third-order valence-corrected chi connectivity index (χ3v) is 5.58. The molecule has 0 radical (unpaired) electrons. The van der Waals surface area contributed by atoms with Crippen LogP contribution in [0.4, 0.5) is 4.79 Å². The smallest absolute Gasteiger partial charge is 0.338 e. The van der Waals surface area contributed by atoms with Gasteiger partial charge < -0.3 is 15.4 Å². The van der Waals surface area contributed by atoms with Gasteiger partial charge in [-0.15, -0.1) is 0 Å². The van der Waals surface area contributed by atoms with Crippen LogP contribution in [0.15, 0.2) is 40.0 Å². The third-order valence-electron chi connectivity index (χ3n) is 5.09. The molecule has 1 atom stereocenters. The molecule has 0 aliphatic carbocycles. The highest BCUT2D eigenvalue weighted by Crippen LogP contribution is 2.30. The number of piperidine rings is 1. The first kappa shape index (κ1) is 19.9. The Morgan fingerprint density at radius 1 is 1.33 bits per heavy atom. The Morgan fingerprint density at radius 3 is 2.74 bits per heavy atom. The van der Waals surface area contributed by atoms with Crippen LogP contribution < -0.4 is 10.6 Å². The average molecular weight is 436 g/mol. The number of halogens is 1. The van der Waals surface area contributed by atoms with Crippen LogP contribution >= 0.6 is 15.9 Å². The molecule has 0 bridgehead atoms. The Balaban J connectivity index is 1.95. The first-order valence-electron chi connectivity index (χ1n) is 9.43. The van der Waals surface area contributed by atoms with Crippen LogP contribution in [-0.2, 0) is 9.53 Å². The van der Waals surface area contributed by atoms with Gasteiger partial charge in [-0.25, -0.2) is 9.59 Å². The minimum absolute atomic E-state index is 0.288. The van der Waals surface area contributed by atoms with Gasteiger partial charge in [-0.1, -0.05) is 35.0 Å². The van der Waals surface area contributed by atoms with Crippen molar-refractivity contribution in [2.24, 2.45) is 5.92 Å². The Hall–Kier alpha value is -1.86. The quantitative estimate of drug-likeness (QED) is 0.695. The third kappa shape index (κ3) is 4.90. The average Bonchev–Trinajstić information content (AvgIpc) is 2.63. The van der Waals surface area contributed by atoms with Crippen molar-refractivity contribution in [3.63, 3.8) is 0 Å². The molecule has 1 saturated heterocycles. The number of urea groups is 1. The Morgan fingerprint density at radius 2 is 2.07 bits per heavy atom. The van der Waals surface area contributed by atoms with Crippen molar-refractivity contribution < 1.29 is 14.3 Å². The summed E-state index contributed by atoms with van der Waals surface area (Å²) in [6.45, 7) is 6.80. The topological polar surface area (TPSA) is 70.7 Å². The lowest BCUT2D eigenvalue weighted by atomic mass is 9.94. The van der Waals surface area contributed by atoms with Gasteiger partial charge in [-0.05, 0) is 56.5 Å². The predicted octanol–water partition coefficient (Wildman–Crippen LogP) is 3.35.